The molecule has 1 saturated heterocycles. The van der Waals surface area contributed by atoms with Crippen molar-refractivity contribution in [3.8, 4) is 0 Å². The van der Waals surface area contributed by atoms with Crippen molar-refractivity contribution >= 4 is 40.8 Å². The maximum atomic E-state index is 13.0. The number of nitrogens with zero attached hydrogens (tertiary/aromatic N) is 3. The average Bonchev–Trinajstić information content (AvgIpc) is 3.24. The van der Waals surface area contributed by atoms with E-state index in [2.05, 4.69) is 15.3 Å². The van der Waals surface area contributed by atoms with Gasteiger partial charge in [-0.15, -0.1) is 0 Å². The number of aryl methyl sites for hydroxylation is 1. The van der Waals surface area contributed by atoms with Crippen molar-refractivity contribution in [2.75, 3.05) is 18.9 Å². The number of nitrogens with one attached hydrogen (secondary N) is 1. The minimum atomic E-state index is -0.952. The Labute approximate surface area is 195 Å². The average molecular weight is 473 g/mol. The van der Waals surface area contributed by atoms with Crippen LogP contribution in [0.25, 0.3) is 11.1 Å². The first kappa shape index (κ1) is 23.5. The molecule has 2 aliphatic rings. The van der Waals surface area contributed by atoms with Crippen LogP contribution >= 0.6 is 0 Å². The summed E-state index contributed by atoms with van der Waals surface area (Å²) in [6.45, 7) is 4.47. The first-order valence-corrected chi connectivity index (χ1v) is 11.2. The van der Waals surface area contributed by atoms with E-state index in [1.807, 2.05) is 6.92 Å². The summed E-state index contributed by atoms with van der Waals surface area (Å²) >= 11 is 0. The number of hydrogen-bond donors (Lipinski definition) is 2. The Morgan fingerprint density at radius 2 is 2.03 bits per heavy atom. The second kappa shape index (κ2) is 8.92. The van der Waals surface area contributed by atoms with Crippen molar-refractivity contribution < 1.29 is 33.1 Å². The number of ether oxygens (including phenoxy) is 2. The highest BCUT2D eigenvalue weighted by Crippen LogP contribution is 2.38. The molecule has 3 N–H and O–H groups in total. The summed E-state index contributed by atoms with van der Waals surface area (Å²) in [4.78, 5) is 59.2. The van der Waals surface area contributed by atoms with E-state index >= 15 is 0 Å². The molecule has 0 aromatic carbocycles. The first-order valence-electron chi connectivity index (χ1n) is 11.2. The van der Waals surface area contributed by atoms with Gasteiger partial charge in [-0.1, -0.05) is 19.8 Å². The van der Waals surface area contributed by atoms with Gasteiger partial charge >= 0.3 is 18.0 Å². The topological polar surface area (TPSA) is 167 Å². The van der Waals surface area contributed by atoms with E-state index in [1.165, 1.54) is 0 Å². The fourth-order valence-corrected chi connectivity index (χ4v) is 4.66. The summed E-state index contributed by atoms with van der Waals surface area (Å²) in [6.07, 6.45) is 3.21. The van der Waals surface area contributed by atoms with E-state index in [0.717, 1.165) is 24.2 Å². The van der Waals surface area contributed by atoms with Gasteiger partial charge in [-0.05, 0) is 32.6 Å². The number of imide groups is 1. The van der Waals surface area contributed by atoms with Gasteiger partial charge in [0.1, 0.15) is 29.2 Å². The Kier molecular flexibility index (Phi) is 6.15. The number of anilines is 1. The van der Waals surface area contributed by atoms with E-state index < -0.39 is 36.0 Å². The van der Waals surface area contributed by atoms with Crippen LogP contribution in [0.15, 0.2) is 4.42 Å². The predicted octanol–water partition coefficient (Wildman–Crippen LogP) is 1.83. The van der Waals surface area contributed by atoms with Gasteiger partial charge in [0.2, 0.25) is 5.71 Å². The third kappa shape index (κ3) is 3.93. The van der Waals surface area contributed by atoms with Gasteiger partial charge in [0.05, 0.1) is 12.0 Å². The molecule has 2 unspecified atom stereocenters. The highest BCUT2D eigenvalue weighted by molar-refractivity contribution is 6.09. The van der Waals surface area contributed by atoms with Crippen LogP contribution < -0.4 is 11.1 Å². The van der Waals surface area contributed by atoms with E-state index in [4.69, 9.17) is 19.6 Å². The molecular weight excluding hydrogens is 446 g/mol. The Hall–Kier alpha value is -3.70. The van der Waals surface area contributed by atoms with Gasteiger partial charge in [-0.2, -0.15) is 4.98 Å². The van der Waals surface area contributed by atoms with Crippen LogP contribution in [0.5, 0.6) is 0 Å². The first-order chi connectivity index (χ1) is 16.2. The van der Waals surface area contributed by atoms with Crippen LogP contribution in [0.1, 0.15) is 61.5 Å². The summed E-state index contributed by atoms with van der Waals surface area (Å²) < 4.78 is 15.7. The fraction of sp³-hybridized carbons (Fsp3) is 0.545. The lowest BCUT2D eigenvalue weighted by atomic mass is 9.73. The largest absolute Gasteiger partial charge is 0.462 e. The van der Waals surface area contributed by atoms with Gasteiger partial charge in [0.15, 0.2) is 12.4 Å². The van der Waals surface area contributed by atoms with Crippen LogP contribution in [-0.2, 0) is 25.7 Å². The van der Waals surface area contributed by atoms with Crippen LogP contribution in [0, 0.1) is 12.8 Å². The van der Waals surface area contributed by atoms with Crippen molar-refractivity contribution in [3.05, 3.63) is 17.1 Å². The van der Waals surface area contributed by atoms with Crippen LogP contribution in [0.3, 0.4) is 0 Å². The molecular formula is C22H27N5O7. The molecule has 12 heteroatoms. The molecule has 1 aliphatic heterocycles. The molecule has 1 saturated carbocycles. The number of nitrogens with two attached hydrogens (primary N) is 1. The fourth-order valence-electron chi connectivity index (χ4n) is 4.66. The monoisotopic (exact) mass is 473 g/mol. The van der Waals surface area contributed by atoms with Crippen LogP contribution in [0.2, 0.25) is 0 Å². The van der Waals surface area contributed by atoms with Crippen molar-refractivity contribution in [2.45, 2.75) is 58.6 Å². The Balaban J connectivity index is 1.44. The summed E-state index contributed by atoms with van der Waals surface area (Å²) in [7, 11) is 0. The lowest BCUT2D eigenvalue weighted by Gasteiger charge is -2.36. The Morgan fingerprint density at radius 1 is 1.26 bits per heavy atom. The van der Waals surface area contributed by atoms with E-state index in [-0.39, 0.29) is 53.2 Å². The van der Waals surface area contributed by atoms with Crippen molar-refractivity contribution in [1.82, 2.24) is 20.2 Å². The standard InChI is InChI=1S/C22H27N5O7/c1-4-32-19(29)15-12(3)34-18-16(15)17(23)24-13(25-18)10-33-14(28)9-27-20(30)22(26-21(27)31)8-6-5-7-11(22)2/h11H,4-10H2,1-3H3,(H,26,31)(H2,23,24,25). The molecule has 182 valence electrons. The number of furan rings is 1. The third-order valence-electron chi connectivity index (χ3n) is 6.43. The second-order valence-electron chi connectivity index (χ2n) is 8.56. The number of carbonyl (C=O) groups excluding carboxylic acids is 4. The lowest BCUT2D eigenvalue weighted by molar-refractivity contribution is -0.149. The molecule has 3 heterocycles. The molecule has 1 aliphatic carbocycles. The zero-order valence-electron chi connectivity index (χ0n) is 19.3. The summed E-state index contributed by atoms with van der Waals surface area (Å²) in [6, 6.07) is -0.602. The molecule has 3 amide bonds. The maximum Gasteiger partial charge on any atom is 0.342 e. The van der Waals surface area contributed by atoms with Gasteiger partial charge < -0.3 is 24.9 Å². The van der Waals surface area contributed by atoms with E-state index in [1.54, 1.807) is 13.8 Å². The van der Waals surface area contributed by atoms with Gasteiger partial charge in [-0.25, -0.2) is 14.6 Å². The van der Waals surface area contributed by atoms with Crippen LogP contribution in [-0.4, -0.2) is 57.4 Å². The van der Waals surface area contributed by atoms with Crippen molar-refractivity contribution in [3.63, 3.8) is 0 Å². The second-order valence-corrected chi connectivity index (χ2v) is 8.56. The quantitative estimate of drug-likeness (QED) is 0.466. The lowest BCUT2D eigenvalue weighted by Crippen LogP contribution is -2.54. The number of rotatable bonds is 6. The number of amides is 3. The molecule has 0 bridgehead atoms. The van der Waals surface area contributed by atoms with Crippen LogP contribution in [0.4, 0.5) is 10.6 Å². The van der Waals surface area contributed by atoms with Gasteiger partial charge in [0.25, 0.3) is 5.91 Å². The summed E-state index contributed by atoms with van der Waals surface area (Å²) in [5.41, 5.74) is 5.25. The zero-order valence-corrected chi connectivity index (χ0v) is 19.3. The number of aromatic nitrogens is 2. The summed E-state index contributed by atoms with van der Waals surface area (Å²) in [5.74, 6) is -1.54. The summed E-state index contributed by atoms with van der Waals surface area (Å²) in [5, 5.41) is 3.01. The minimum absolute atomic E-state index is 0.0157. The highest BCUT2D eigenvalue weighted by Gasteiger charge is 2.55. The van der Waals surface area contributed by atoms with Gasteiger partial charge in [-0.3, -0.25) is 14.5 Å². The molecule has 4 rings (SSSR count). The zero-order chi connectivity index (χ0) is 24.6. The predicted molar refractivity (Wildman–Crippen MR) is 117 cm³/mol. The molecule has 0 radical (unpaired) electrons. The van der Waals surface area contributed by atoms with Crippen molar-refractivity contribution in [2.24, 2.45) is 5.92 Å². The molecule has 2 aromatic rings. The molecule has 2 fully saturated rings. The molecule has 12 nitrogen and oxygen atoms in total. The number of fused-ring (bicyclic) bond motifs is 1. The smallest absolute Gasteiger partial charge is 0.342 e. The van der Waals surface area contributed by atoms with E-state index in [9.17, 15) is 19.2 Å². The normalized spacial score (nSPS) is 22.3. The molecule has 2 atom stereocenters. The molecule has 2 aromatic heterocycles. The minimum Gasteiger partial charge on any atom is -0.462 e. The van der Waals surface area contributed by atoms with E-state index in [0.29, 0.717) is 6.42 Å². The number of hydrogen-bond acceptors (Lipinski definition) is 10. The molecule has 1 spiro atoms. The number of carbonyl (C=O) groups is 4. The van der Waals surface area contributed by atoms with Gasteiger partial charge in [0, 0.05) is 0 Å². The van der Waals surface area contributed by atoms with Crippen molar-refractivity contribution in [1.29, 1.82) is 0 Å². The Morgan fingerprint density at radius 3 is 2.74 bits per heavy atom. The SMILES string of the molecule is CCOC(=O)c1c(C)oc2nc(COC(=O)CN3C(=O)NC4(CCCCC4C)C3=O)nc(N)c12. The number of nitrogen functional groups attached to an aromatic ring is 1. The molecule has 34 heavy (non-hydrogen) atoms. The highest BCUT2D eigenvalue weighted by atomic mass is 16.5. The number of urea groups is 1. The number of esters is 2. The maximum absolute atomic E-state index is 13.0. The third-order valence-corrected chi connectivity index (χ3v) is 6.43. The Bertz CT molecular complexity index is 1180.